The van der Waals surface area contributed by atoms with Gasteiger partial charge in [-0.15, -0.1) is 0 Å². The molecule has 0 fully saturated rings. The molecule has 0 aliphatic carbocycles. The van der Waals surface area contributed by atoms with Crippen LogP contribution < -0.4 is 0 Å². The highest BCUT2D eigenvalue weighted by Crippen LogP contribution is 2.23. The molecule has 0 bridgehead atoms. The maximum atomic E-state index is 9.33. The molecular weight excluding hydrogens is 172 g/mol. The lowest BCUT2D eigenvalue weighted by Crippen LogP contribution is -2.21. The molecule has 0 saturated carbocycles. The zero-order chi connectivity index (χ0) is 10.4. The predicted molar refractivity (Wildman–Crippen MR) is 60.2 cm³/mol. The third-order valence-electron chi connectivity index (χ3n) is 2.38. The number of allylic oxidation sites excluding steroid dienone is 1. The molecule has 0 amide bonds. The van der Waals surface area contributed by atoms with Crippen LogP contribution in [-0.2, 0) is 6.42 Å². The van der Waals surface area contributed by atoms with Gasteiger partial charge in [-0.2, -0.15) is 0 Å². The summed E-state index contributed by atoms with van der Waals surface area (Å²) in [6, 6.07) is 10.3. The Morgan fingerprint density at radius 2 is 1.93 bits per heavy atom. The summed E-state index contributed by atoms with van der Waals surface area (Å²) in [5, 5.41) is 9.33. The summed E-state index contributed by atoms with van der Waals surface area (Å²) < 4.78 is 0. The van der Waals surface area contributed by atoms with E-state index in [2.05, 4.69) is 25.1 Å². The van der Waals surface area contributed by atoms with Crippen molar-refractivity contribution in [3.63, 3.8) is 0 Å². The highest BCUT2D eigenvalue weighted by atomic mass is 16.3. The summed E-state index contributed by atoms with van der Waals surface area (Å²) in [5.41, 5.74) is 1.14. The van der Waals surface area contributed by atoms with Crippen molar-refractivity contribution in [3.8, 4) is 0 Å². The Labute approximate surface area is 86.1 Å². The van der Waals surface area contributed by atoms with E-state index in [1.807, 2.05) is 31.2 Å². The molecule has 1 atom stereocenters. The second-order valence-corrected chi connectivity index (χ2v) is 3.97. The van der Waals surface area contributed by atoms with Gasteiger partial charge in [0, 0.05) is 5.41 Å². The van der Waals surface area contributed by atoms with Gasteiger partial charge in [-0.05, 0) is 18.9 Å². The third-order valence-corrected chi connectivity index (χ3v) is 2.38. The Morgan fingerprint density at radius 3 is 2.43 bits per heavy atom. The van der Waals surface area contributed by atoms with Crippen molar-refractivity contribution in [2.75, 3.05) is 6.61 Å². The van der Waals surface area contributed by atoms with E-state index in [-0.39, 0.29) is 12.0 Å². The van der Waals surface area contributed by atoms with Crippen LogP contribution in [0.4, 0.5) is 0 Å². The maximum Gasteiger partial charge on any atom is 0.0522 e. The molecule has 1 rings (SSSR count). The van der Waals surface area contributed by atoms with E-state index < -0.39 is 0 Å². The molecule has 0 aliphatic rings. The zero-order valence-electron chi connectivity index (χ0n) is 8.90. The lowest BCUT2D eigenvalue weighted by atomic mass is 9.84. The first-order valence-corrected chi connectivity index (χ1v) is 4.99. The van der Waals surface area contributed by atoms with Gasteiger partial charge in [-0.3, -0.25) is 0 Å². The van der Waals surface area contributed by atoms with E-state index in [4.69, 9.17) is 0 Å². The fraction of sp³-hybridized carbons (Fsp3) is 0.385. The molecule has 0 spiro atoms. The molecule has 76 valence electrons. The van der Waals surface area contributed by atoms with Crippen LogP contribution in [0.15, 0.2) is 42.5 Å². The molecule has 1 heteroatoms. The Morgan fingerprint density at radius 1 is 1.29 bits per heavy atom. The van der Waals surface area contributed by atoms with Crippen LogP contribution in [-0.4, -0.2) is 11.7 Å². The van der Waals surface area contributed by atoms with Gasteiger partial charge < -0.3 is 5.11 Å². The average Bonchev–Trinajstić information content (AvgIpc) is 2.20. The van der Waals surface area contributed by atoms with Gasteiger partial charge in [0.05, 0.1) is 6.61 Å². The zero-order valence-corrected chi connectivity index (χ0v) is 8.90. The molecule has 1 aromatic rings. The fourth-order valence-electron chi connectivity index (χ4n) is 1.63. The first-order valence-electron chi connectivity index (χ1n) is 4.99. The smallest absolute Gasteiger partial charge is 0.0522 e. The van der Waals surface area contributed by atoms with Gasteiger partial charge in [-0.1, -0.05) is 49.4 Å². The molecule has 0 saturated heterocycles. The molecule has 1 N–H and O–H groups in total. The van der Waals surface area contributed by atoms with Crippen LogP contribution in [0.25, 0.3) is 0 Å². The minimum Gasteiger partial charge on any atom is -0.395 e. The Balaban J connectivity index is 2.75. The van der Waals surface area contributed by atoms with Crippen LogP contribution in [0.3, 0.4) is 0 Å². The number of aliphatic hydroxyl groups is 1. The summed E-state index contributed by atoms with van der Waals surface area (Å²) in [7, 11) is 0. The Bertz CT molecular complexity index is 289. The molecule has 0 radical (unpaired) electrons. The average molecular weight is 190 g/mol. The molecule has 0 aromatic heterocycles. The van der Waals surface area contributed by atoms with Crippen molar-refractivity contribution in [2.45, 2.75) is 20.3 Å². The monoisotopic (exact) mass is 190 g/mol. The molecule has 0 aliphatic heterocycles. The van der Waals surface area contributed by atoms with Crippen molar-refractivity contribution >= 4 is 0 Å². The van der Waals surface area contributed by atoms with Gasteiger partial charge >= 0.3 is 0 Å². The van der Waals surface area contributed by atoms with Crippen LogP contribution in [0.1, 0.15) is 19.4 Å². The number of aliphatic hydroxyl groups excluding tert-OH is 1. The third kappa shape index (κ3) is 3.00. The summed E-state index contributed by atoms with van der Waals surface area (Å²) in [6.07, 6.45) is 4.95. The van der Waals surface area contributed by atoms with Crippen molar-refractivity contribution in [2.24, 2.45) is 5.41 Å². The van der Waals surface area contributed by atoms with Gasteiger partial charge in [0.15, 0.2) is 0 Å². The molecular formula is C13H18O. The molecule has 1 aromatic carbocycles. The highest BCUT2D eigenvalue weighted by molar-refractivity contribution is 5.18. The molecule has 1 unspecified atom stereocenters. The fourth-order valence-corrected chi connectivity index (χ4v) is 1.63. The summed E-state index contributed by atoms with van der Waals surface area (Å²) in [6.45, 7) is 4.24. The standard InChI is InChI=1S/C13H18O/c1-3-9-13(2,11-14)10-12-7-5-4-6-8-12/h3-9,14H,10-11H2,1-2H3. The highest BCUT2D eigenvalue weighted by Gasteiger charge is 2.19. The van der Waals surface area contributed by atoms with E-state index in [1.54, 1.807) is 0 Å². The van der Waals surface area contributed by atoms with E-state index in [0.717, 1.165) is 6.42 Å². The minimum absolute atomic E-state index is 0.129. The first kappa shape index (κ1) is 11.0. The van der Waals surface area contributed by atoms with E-state index in [1.165, 1.54) is 5.56 Å². The van der Waals surface area contributed by atoms with Gasteiger partial charge in [0.25, 0.3) is 0 Å². The largest absolute Gasteiger partial charge is 0.395 e. The van der Waals surface area contributed by atoms with Crippen molar-refractivity contribution in [3.05, 3.63) is 48.0 Å². The van der Waals surface area contributed by atoms with E-state index in [0.29, 0.717) is 0 Å². The van der Waals surface area contributed by atoms with E-state index in [9.17, 15) is 5.11 Å². The van der Waals surface area contributed by atoms with Crippen molar-refractivity contribution < 1.29 is 5.11 Å². The number of hydrogen-bond acceptors (Lipinski definition) is 1. The molecule has 1 nitrogen and oxygen atoms in total. The van der Waals surface area contributed by atoms with Crippen molar-refractivity contribution in [1.29, 1.82) is 0 Å². The maximum absolute atomic E-state index is 9.33. The second-order valence-electron chi connectivity index (χ2n) is 3.97. The van der Waals surface area contributed by atoms with Crippen LogP contribution in [0.2, 0.25) is 0 Å². The number of hydrogen-bond donors (Lipinski definition) is 1. The summed E-state index contributed by atoms with van der Waals surface area (Å²) >= 11 is 0. The second kappa shape index (κ2) is 4.97. The van der Waals surface area contributed by atoms with Crippen LogP contribution in [0, 0.1) is 5.41 Å². The van der Waals surface area contributed by atoms with Crippen LogP contribution >= 0.6 is 0 Å². The summed E-state index contributed by atoms with van der Waals surface area (Å²) in [4.78, 5) is 0. The van der Waals surface area contributed by atoms with Crippen molar-refractivity contribution in [1.82, 2.24) is 0 Å². The van der Waals surface area contributed by atoms with Crippen LogP contribution in [0.5, 0.6) is 0 Å². The minimum atomic E-state index is -0.129. The number of benzene rings is 1. The lowest BCUT2D eigenvalue weighted by Gasteiger charge is -2.23. The van der Waals surface area contributed by atoms with Gasteiger partial charge in [0.2, 0.25) is 0 Å². The first-order chi connectivity index (χ1) is 6.70. The van der Waals surface area contributed by atoms with Gasteiger partial charge in [0.1, 0.15) is 0 Å². The normalized spacial score (nSPS) is 15.6. The molecule has 14 heavy (non-hydrogen) atoms. The Hall–Kier alpha value is -1.08. The SMILES string of the molecule is CC=CC(C)(CO)Cc1ccccc1. The van der Waals surface area contributed by atoms with Gasteiger partial charge in [-0.25, -0.2) is 0 Å². The van der Waals surface area contributed by atoms with E-state index >= 15 is 0 Å². The quantitative estimate of drug-likeness (QED) is 0.724. The predicted octanol–water partition coefficient (Wildman–Crippen LogP) is 2.80. The number of rotatable bonds is 4. The topological polar surface area (TPSA) is 20.2 Å². The lowest BCUT2D eigenvalue weighted by molar-refractivity contribution is 0.184. The molecule has 0 heterocycles. The summed E-state index contributed by atoms with van der Waals surface area (Å²) in [5.74, 6) is 0. The Kier molecular flexibility index (Phi) is 3.90.